The molecule has 2 aromatic rings. The van der Waals surface area contributed by atoms with E-state index in [0.29, 0.717) is 5.92 Å². The largest absolute Gasteiger partial charge is 0.345 e. The van der Waals surface area contributed by atoms with Crippen molar-refractivity contribution in [3.63, 3.8) is 0 Å². The van der Waals surface area contributed by atoms with E-state index in [1.807, 2.05) is 48.7 Å². The molecule has 3 heteroatoms. The molecular weight excluding hydrogens is 278 g/mol. The third-order valence-corrected chi connectivity index (χ3v) is 4.37. The fraction of sp³-hybridized carbons (Fsp3) is 0.278. The summed E-state index contributed by atoms with van der Waals surface area (Å²) in [6.07, 6.45) is 3.49. The maximum absolute atomic E-state index is 12.1. The van der Waals surface area contributed by atoms with Crippen molar-refractivity contribution in [1.29, 1.82) is 0 Å². The lowest BCUT2D eigenvalue weighted by molar-refractivity contribution is -0.117. The molecule has 1 aromatic heterocycles. The van der Waals surface area contributed by atoms with Crippen LogP contribution in [0, 0.1) is 12.8 Å². The van der Waals surface area contributed by atoms with Gasteiger partial charge in [-0.3, -0.25) is 4.79 Å². The van der Waals surface area contributed by atoms with E-state index in [0.717, 1.165) is 5.56 Å². The molecule has 0 aliphatic carbocycles. The third kappa shape index (κ3) is 4.30. The summed E-state index contributed by atoms with van der Waals surface area (Å²) in [6.45, 7) is 6.28. The van der Waals surface area contributed by atoms with E-state index in [-0.39, 0.29) is 11.9 Å². The van der Waals surface area contributed by atoms with Gasteiger partial charge in [0.2, 0.25) is 5.91 Å². The Labute approximate surface area is 130 Å². The average molecular weight is 299 g/mol. The Bertz CT molecular complexity index is 614. The van der Waals surface area contributed by atoms with Crippen LogP contribution in [-0.2, 0) is 4.79 Å². The van der Waals surface area contributed by atoms with Gasteiger partial charge < -0.3 is 5.32 Å². The van der Waals surface area contributed by atoms with Crippen molar-refractivity contribution in [2.24, 2.45) is 5.92 Å². The van der Waals surface area contributed by atoms with Crippen molar-refractivity contribution in [2.45, 2.75) is 26.8 Å². The first-order valence-corrected chi connectivity index (χ1v) is 8.03. The molecule has 0 aliphatic rings. The van der Waals surface area contributed by atoms with Gasteiger partial charge in [-0.25, -0.2) is 0 Å². The molecule has 1 atom stereocenters. The van der Waals surface area contributed by atoms with Crippen LogP contribution in [0.25, 0.3) is 6.08 Å². The second-order valence-corrected chi connectivity index (χ2v) is 6.41. The van der Waals surface area contributed by atoms with Gasteiger partial charge in [0.05, 0.1) is 6.04 Å². The van der Waals surface area contributed by atoms with Crippen LogP contribution in [0.5, 0.6) is 0 Å². The zero-order valence-corrected chi connectivity index (χ0v) is 13.5. The van der Waals surface area contributed by atoms with Gasteiger partial charge in [-0.2, -0.15) is 0 Å². The molecule has 0 bridgehead atoms. The van der Waals surface area contributed by atoms with Crippen LogP contribution in [0.2, 0.25) is 0 Å². The van der Waals surface area contributed by atoms with Crippen LogP contribution in [0.4, 0.5) is 0 Å². The summed E-state index contributed by atoms with van der Waals surface area (Å²) >= 11 is 1.68. The SMILES string of the molecule is Cc1ccccc1/C=C/C(=O)N[C@H](c1cccs1)C(C)C. The molecule has 0 fully saturated rings. The van der Waals surface area contributed by atoms with E-state index < -0.39 is 0 Å². The molecule has 0 spiro atoms. The van der Waals surface area contributed by atoms with Crippen LogP contribution in [0.15, 0.2) is 47.9 Å². The minimum atomic E-state index is -0.0506. The molecule has 1 N–H and O–H groups in total. The number of amides is 1. The fourth-order valence-electron chi connectivity index (χ4n) is 2.18. The molecule has 0 aliphatic heterocycles. The highest BCUT2D eigenvalue weighted by Gasteiger charge is 2.17. The van der Waals surface area contributed by atoms with E-state index in [4.69, 9.17) is 0 Å². The van der Waals surface area contributed by atoms with Gasteiger partial charge in [0.1, 0.15) is 0 Å². The molecule has 1 aromatic carbocycles. The lowest BCUT2D eigenvalue weighted by Gasteiger charge is -2.20. The molecule has 0 unspecified atom stereocenters. The minimum Gasteiger partial charge on any atom is -0.345 e. The predicted octanol–water partition coefficient (Wildman–Crippen LogP) is 4.58. The topological polar surface area (TPSA) is 29.1 Å². The highest BCUT2D eigenvalue weighted by molar-refractivity contribution is 7.10. The molecule has 0 radical (unpaired) electrons. The normalized spacial score (nSPS) is 12.8. The first-order chi connectivity index (χ1) is 10.1. The molecular formula is C18H21NOS. The highest BCUT2D eigenvalue weighted by atomic mass is 32.1. The Balaban J connectivity index is 2.05. The highest BCUT2D eigenvalue weighted by Crippen LogP contribution is 2.25. The van der Waals surface area contributed by atoms with E-state index in [9.17, 15) is 4.79 Å². The monoisotopic (exact) mass is 299 g/mol. The number of benzene rings is 1. The Morgan fingerprint density at radius 3 is 2.57 bits per heavy atom. The Morgan fingerprint density at radius 1 is 1.19 bits per heavy atom. The number of carbonyl (C=O) groups is 1. The maximum Gasteiger partial charge on any atom is 0.244 e. The smallest absolute Gasteiger partial charge is 0.244 e. The van der Waals surface area contributed by atoms with Gasteiger partial charge in [-0.05, 0) is 41.5 Å². The lowest BCUT2D eigenvalue weighted by atomic mass is 10.0. The number of rotatable bonds is 5. The van der Waals surface area contributed by atoms with E-state index in [1.54, 1.807) is 17.4 Å². The van der Waals surface area contributed by atoms with Crippen LogP contribution in [0.3, 0.4) is 0 Å². The van der Waals surface area contributed by atoms with Gasteiger partial charge >= 0.3 is 0 Å². The zero-order valence-electron chi connectivity index (χ0n) is 12.7. The second kappa shape index (κ2) is 7.23. The number of hydrogen-bond acceptors (Lipinski definition) is 2. The van der Waals surface area contributed by atoms with Gasteiger partial charge in [0.15, 0.2) is 0 Å². The van der Waals surface area contributed by atoms with Gasteiger partial charge in [-0.1, -0.05) is 44.2 Å². The number of carbonyl (C=O) groups excluding carboxylic acids is 1. The summed E-state index contributed by atoms with van der Waals surface area (Å²) in [5.41, 5.74) is 2.24. The van der Waals surface area contributed by atoms with Crippen molar-refractivity contribution in [3.05, 3.63) is 63.9 Å². The summed E-state index contributed by atoms with van der Waals surface area (Å²) < 4.78 is 0. The molecule has 110 valence electrons. The van der Waals surface area contributed by atoms with Crippen molar-refractivity contribution in [2.75, 3.05) is 0 Å². The molecule has 1 amide bonds. The van der Waals surface area contributed by atoms with Crippen LogP contribution >= 0.6 is 11.3 Å². The number of hydrogen-bond donors (Lipinski definition) is 1. The number of aryl methyl sites for hydroxylation is 1. The second-order valence-electron chi connectivity index (χ2n) is 5.44. The van der Waals surface area contributed by atoms with Crippen LogP contribution < -0.4 is 5.32 Å². The Hall–Kier alpha value is -1.87. The quantitative estimate of drug-likeness (QED) is 0.804. The van der Waals surface area contributed by atoms with Crippen LogP contribution in [0.1, 0.15) is 35.9 Å². The predicted molar refractivity (Wildman–Crippen MR) is 90.3 cm³/mol. The van der Waals surface area contributed by atoms with Crippen molar-refractivity contribution < 1.29 is 4.79 Å². The van der Waals surface area contributed by atoms with E-state index >= 15 is 0 Å². The molecule has 0 saturated heterocycles. The first kappa shape index (κ1) is 15.5. The fourth-order valence-corrected chi connectivity index (χ4v) is 3.12. The standard InChI is InChI=1S/C18H21NOS/c1-13(2)18(16-9-6-12-21-16)19-17(20)11-10-15-8-5-4-7-14(15)3/h4-13,18H,1-3H3,(H,19,20)/b11-10+/t18-/m0/s1. The summed E-state index contributed by atoms with van der Waals surface area (Å²) in [5.74, 6) is 0.310. The number of nitrogens with one attached hydrogen (secondary N) is 1. The summed E-state index contributed by atoms with van der Waals surface area (Å²) in [6, 6.07) is 12.2. The molecule has 2 nitrogen and oxygen atoms in total. The lowest BCUT2D eigenvalue weighted by Crippen LogP contribution is -2.29. The van der Waals surface area contributed by atoms with Crippen molar-refractivity contribution in [3.8, 4) is 0 Å². The summed E-state index contributed by atoms with van der Waals surface area (Å²) in [7, 11) is 0. The number of thiophene rings is 1. The van der Waals surface area contributed by atoms with Gasteiger partial charge in [-0.15, -0.1) is 11.3 Å². The molecule has 1 heterocycles. The van der Waals surface area contributed by atoms with E-state index in [2.05, 4.69) is 25.2 Å². The van der Waals surface area contributed by atoms with Crippen molar-refractivity contribution >= 4 is 23.3 Å². The van der Waals surface area contributed by atoms with Gasteiger partial charge in [0.25, 0.3) is 0 Å². The third-order valence-electron chi connectivity index (χ3n) is 3.42. The summed E-state index contributed by atoms with van der Waals surface area (Å²) in [4.78, 5) is 13.3. The van der Waals surface area contributed by atoms with Crippen LogP contribution in [-0.4, -0.2) is 5.91 Å². The average Bonchev–Trinajstić information content (AvgIpc) is 2.97. The Kier molecular flexibility index (Phi) is 5.34. The van der Waals surface area contributed by atoms with Gasteiger partial charge in [0, 0.05) is 11.0 Å². The zero-order chi connectivity index (χ0) is 15.2. The molecule has 0 saturated carbocycles. The molecule has 21 heavy (non-hydrogen) atoms. The minimum absolute atomic E-state index is 0.0506. The first-order valence-electron chi connectivity index (χ1n) is 7.15. The summed E-state index contributed by atoms with van der Waals surface area (Å²) in [5, 5.41) is 5.13. The maximum atomic E-state index is 12.1. The molecule has 2 rings (SSSR count). The van der Waals surface area contributed by atoms with E-state index in [1.165, 1.54) is 10.4 Å². The van der Waals surface area contributed by atoms with Crippen molar-refractivity contribution in [1.82, 2.24) is 5.32 Å². The Morgan fingerprint density at radius 2 is 1.95 bits per heavy atom.